The quantitative estimate of drug-likeness (QED) is 0.407. The van der Waals surface area contributed by atoms with E-state index in [1.165, 1.54) is 18.3 Å². The van der Waals surface area contributed by atoms with Crippen LogP contribution in [0.5, 0.6) is 0 Å². The van der Waals surface area contributed by atoms with Crippen molar-refractivity contribution < 1.29 is 14.5 Å². The molecule has 1 amide bonds. The molecule has 9 nitrogen and oxygen atoms in total. The van der Waals surface area contributed by atoms with Crippen LogP contribution < -0.4 is 15.6 Å². The molecule has 0 aliphatic carbocycles. The van der Waals surface area contributed by atoms with E-state index in [9.17, 15) is 14.9 Å². The number of carbonyl (C=O) groups excluding carboxylic acids is 1. The van der Waals surface area contributed by atoms with Crippen molar-refractivity contribution in [2.24, 2.45) is 5.10 Å². The molecule has 10 heteroatoms. The van der Waals surface area contributed by atoms with Crippen molar-refractivity contribution in [2.45, 2.75) is 0 Å². The molecular weight excluding hydrogens is 398 g/mol. The molecular formula is C19H20ClN5O4. The number of hydrazone groups is 1. The van der Waals surface area contributed by atoms with E-state index >= 15 is 0 Å². The summed E-state index contributed by atoms with van der Waals surface area (Å²) < 4.78 is 5.35. The lowest BCUT2D eigenvalue weighted by molar-refractivity contribution is -0.384. The van der Waals surface area contributed by atoms with E-state index in [0.717, 1.165) is 11.4 Å². The van der Waals surface area contributed by atoms with Gasteiger partial charge in [-0.15, -0.1) is 0 Å². The molecule has 2 aromatic rings. The molecule has 1 aliphatic rings. The number of nitro benzene ring substituents is 1. The first-order valence-corrected chi connectivity index (χ1v) is 9.33. The van der Waals surface area contributed by atoms with Gasteiger partial charge in [-0.3, -0.25) is 14.9 Å². The van der Waals surface area contributed by atoms with E-state index in [2.05, 4.69) is 20.7 Å². The number of nitrogens with zero attached hydrogens (tertiary/aromatic N) is 3. The van der Waals surface area contributed by atoms with Crippen molar-refractivity contribution in [2.75, 3.05) is 43.1 Å². The molecule has 3 rings (SSSR count). The highest BCUT2D eigenvalue weighted by atomic mass is 35.5. The number of ether oxygens (including phenoxy) is 1. The zero-order valence-corrected chi connectivity index (χ0v) is 16.3. The summed E-state index contributed by atoms with van der Waals surface area (Å²) in [6, 6.07) is 11.5. The van der Waals surface area contributed by atoms with Gasteiger partial charge < -0.3 is 15.0 Å². The van der Waals surface area contributed by atoms with Crippen molar-refractivity contribution in [3.63, 3.8) is 0 Å². The van der Waals surface area contributed by atoms with Gasteiger partial charge in [0.25, 0.3) is 11.6 Å². The van der Waals surface area contributed by atoms with Crippen molar-refractivity contribution >= 4 is 40.8 Å². The van der Waals surface area contributed by atoms with Gasteiger partial charge >= 0.3 is 0 Å². The Morgan fingerprint density at radius 2 is 1.97 bits per heavy atom. The van der Waals surface area contributed by atoms with Crippen LogP contribution in [0.4, 0.5) is 17.1 Å². The van der Waals surface area contributed by atoms with Gasteiger partial charge in [0.05, 0.1) is 30.9 Å². The lowest BCUT2D eigenvalue weighted by Gasteiger charge is -2.29. The van der Waals surface area contributed by atoms with E-state index in [1.807, 2.05) is 0 Å². The summed E-state index contributed by atoms with van der Waals surface area (Å²) in [5, 5.41) is 18.6. The Balaban J connectivity index is 1.64. The molecule has 0 aromatic heterocycles. The molecule has 152 valence electrons. The zero-order chi connectivity index (χ0) is 20.6. The summed E-state index contributed by atoms with van der Waals surface area (Å²) in [6.45, 7) is 2.54. The van der Waals surface area contributed by atoms with Crippen molar-refractivity contribution in [3.05, 3.63) is 63.2 Å². The van der Waals surface area contributed by atoms with Crippen LogP contribution in [0, 0.1) is 10.1 Å². The maximum absolute atomic E-state index is 12.0. The monoisotopic (exact) mass is 417 g/mol. The number of carbonyl (C=O) groups is 1. The molecule has 2 N–H and O–H groups in total. The molecule has 0 radical (unpaired) electrons. The fourth-order valence-corrected chi connectivity index (χ4v) is 2.94. The number of anilines is 2. The van der Waals surface area contributed by atoms with Gasteiger partial charge in [0, 0.05) is 47.2 Å². The maximum atomic E-state index is 12.0. The summed E-state index contributed by atoms with van der Waals surface area (Å²) in [4.78, 5) is 24.7. The molecule has 29 heavy (non-hydrogen) atoms. The number of amides is 1. The van der Waals surface area contributed by atoms with Crippen LogP contribution in [0.15, 0.2) is 47.6 Å². The second-order valence-electron chi connectivity index (χ2n) is 6.25. The fraction of sp³-hybridized carbons (Fsp3) is 0.263. The Kier molecular flexibility index (Phi) is 6.99. The van der Waals surface area contributed by atoms with Crippen LogP contribution in [-0.4, -0.2) is 49.9 Å². The summed E-state index contributed by atoms with van der Waals surface area (Å²) in [5.74, 6) is -0.352. The molecule has 0 atom stereocenters. The number of rotatable bonds is 7. The SMILES string of the molecule is O=C(CNc1ccc(Cl)cc1)N/N=C\c1cc([N+](=O)[O-])ccc1N1CCOCC1. The number of hydrogen-bond acceptors (Lipinski definition) is 7. The number of hydrogen-bond donors (Lipinski definition) is 2. The highest BCUT2D eigenvalue weighted by Crippen LogP contribution is 2.25. The van der Waals surface area contributed by atoms with E-state index < -0.39 is 4.92 Å². The summed E-state index contributed by atoms with van der Waals surface area (Å²) in [7, 11) is 0. The van der Waals surface area contributed by atoms with Gasteiger partial charge in [-0.25, -0.2) is 5.43 Å². The average molecular weight is 418 g/mol. The lowest BCUT2D eigenvalue weighted by atomic mass is 10.1. The summed E-state index contributed by atoms with van der Waals surface area (Å²) in [5.41, 5.74) is 4.48. The number of nitrogens with one attached hydrogen (secondary N) is 2. The van der Waals surface area contributed by atoms with Crippen LogP contribution in [0.1, 0.15) is 5.56 Å². The molecule has 0 bridgehead atoms. The normalized spacial score (nSPS) is 14.0. The lowest BCUT2D eigenvalue weighted by Crippen LogP contribution is -2.36. The second kappa shape index (κ2) is 9.85. The Bertz CT molecular complexity index is 898. The molecule has 1 heterocycles. The highest BCUT2D eigenvalue weighted by molar-refractivity contribution is 6.30. The van der Waals surface area contributed by atoms with E-state index in [-0.39, 0.29) is 18.1 Å². The molecule has 1 fully saturated rings. The first-order valence-electron chi connectivity index (χ1n) is 8.95. The Morgan fingerprint density at radius 3 is 2.66 bits per heavy atom. The van der Waals surface area contributed by atoms with Gasteiger partial charge in [0.15, 0.2) is 0 Å². The Labute approximate surface area is 172 Å². The number of morpholine rings is 1. The van der Waals surface area contributed by atoms with E-state index in [0.29, 0.717) is 36.9 Å². The minimum Gasteiger partial charge on any atom is -0.378 e. The van der Waals surface area contributed by atoms with Crippen LogP contribution >= 0.6 is 11.6 Å². The fourth-order valence-electron chi connectivity index (χ4n) is 2.81. The van der Waals surface area contributed by atoms with Gasteiger partial charge in [-0.1, -0.05) is 11.6 Å². The Hall–Kier alpha value is -3.17. The summed E-state index contributed by atoms with van der Waals surface area (Å²) in [6.07, 6.45) is 1.41. The first-order chi connectivity index (χ1) is 14.0. The van der Waals surface area contributed by atoms with Crippen LogP contribution in [0.2, 0.25) is 5.02 Å². The standard InChI is InChI=1S/C19H20ClN5O4/c20-15-1-3-16(4-2-15)21-13-19(26)23-22-12-14-11-17(25(27)28)5-6-18(14)24-7-9-29-10-8-24/h1-6,11-12,21H,7-10,13H2,(H,23,26)/b22-12-. The zero-order valence-electron chi connectivity index (χ0n) is 15.5. The van der Waals surface area contributed by atoms with E-state index in [4.69, 9.17) is 16.3 Å². The summed E-state index contributed by atoms with van der Waals surface area (Å²) >= 11 is 5.82. The molecule has 0 saturated carbocycles. The van der Waals surface area contributed by atoms with Crippen molar-refractivity contribution in [3.8, 4) is 0 Å². The van der Waals surface area contributed by atoms with Gasteiger partial charge in [-0.2, -0.15) is 5.10 Å². The predicted molar refractivity (Wildman–Crippen MR) is 112 cm³/mol. The van der Waals surface area contributed by atoms with Crippen LogP contribution in [-0.2, 0) is 9.53 Å². The number of nitro groups is 1. The average Bonchev–Trinajstić information content (AvgIpc) is 2.74. The topological polar surface area (TPSA) is 109 Å². The van der Waals surface area contributed by atoms with Gasteiger partial charge in [-0.05, 0) is 30.3 Å². The molecule has 1 saturated heterocycles. The third-order valence-electron chi connectivity index (χ3n) is 4.26. The van der Waals surface area contributed by atoms with Crippen LogP contribution in [0.25, 0.3) is 0 Å². The van der Waals surface area contributed by atoms with Crippen molar-refractivity contribution in [1.82, 2.24) is 5.43 Å². The minimum atomic E-state index is -0.463. The number of halogens is 1. The number of benzene rings is 2. The van der Waals surface area contributed by atoms with E-state index in [1.54, 1.807) is 30.3 Å². The third kappa shape index (κ3) is 5.90. The third-order valence-corrected chi connectivity index (χ3v) is 4.52. The molecule has 0 unspecified atom stereocenters. The van der Waals surface area contributed by atoms with Crippen molar-refractivity contribution in [1.29, 1.82) is 0 Å². The molecule has 2 aromatic carbocycles. The first kappa shape index (κ1) is 20.6. The van der Waals surface area contributed by atoms with Crippen LogP contribution in [0.3, 0.4) is 0 Å². The number of non-ortho nitro benzene ring substituents is 1. The van der Waals surface area contributed by atoms with Gasteiger partial charge in [0.2, 0.25) is 0 Å². The Morgan fingerprint density at radius 1 is 1.24 bits per heavy atom. The maximum Gasteiger partial charge on any atom is 0.270 e. The highest BCUT2D eigenvalue weighted by Gasteiger charge is 2.17. The predicted octanol–water partition coefficient (Wildman–Crippen LogP) is 2.65. The smallest absolute Gasteiger partial charge is 0.270 e. The second-order valence-corrected chi connectivity index (χ2v) is 6.69. The molecule has 1 aliphatic heterocycles. The largest absolute Gasteiger partial charge is 0.378 e. The minimum absolute atomic E-state index is 0.0181. The molecule has 0 spiro atoms. The van der Waals surface area contributed by atoms with Gasteiger partial charge in [0.1, 0.15) is 0 Å².